The van der Waals surface area contributed by atoms with Crippen LogP contribution in [0.4, 0.5) is 5.69 Å². The number of carbonyl (C=O) groups is 1. The van der Waals surface area contributed by atoms with Crippen LogP contribution >= 0.6 is 0 Å². The molecule has 72 valence electrons. The second-order valence-corrected chi connectivity index (χ2v) is 2.79. The van der Waals surface area contributed by atoms with E-state index in [-0.39, 0.29) is 11.5 Å². The Balaban J connectivity index is 2.83. The summed E-state index contributed by atoms with van der Waals surface area (Å²) < 4.78 is 0. The van der Waals surface area contributed by atoms with Crippen molar-refractivity contribution in [2.75, 3.05) is 0 Å². The topological polar surface area (TPSA) is 60.2 Å². The zero-order valence-corrected chi connectivity index (χ0v) is 7.64. The van der Waals surface area contributed by atoms with E-state index in [1.165, 1.54) is 25.1 Å². The van der Waals surface area contributed by atoms with E-state index >= 15 is 0 Å². The molecule has 0 amide bonds. The van der Waals surface area contributed by atoms with Crippen LogP contribution in [0.15, 0.2) is 30.3 Å². The number of carbonyl (C=O) groups excluding carboxylic acids is 1. The van der Waals surface area contributed by atoms with Crippen LogP contribution in [0.3, 0.4) is 0 Å². The minimum absolute atomic E-state index is 0.0463. The minimum atomic E-state index is -0.460. The third-order valence-electron chi connectivity index (χ3n) is 1.61. The molecule has 0 aliphatic rings. The summed E-state index contributed by atoms with van der Waals surface area (Å²) in [4.78, 5) is 20.4. The first-order valence-electron chi connectivity index (χ1n) is 4.02. The minimum Gasteiger partial charge on any atom is -0.295 e. The number of rotatable bonds is 3. The van der Waals surface area contributed by atoms with Gasteiger partial charge in [-0.1, -0.05) is 6.08 Å². The molecule has 0 bridgehead atoms. The van der Waals surface area contributed by atoms with E-state index in [4.69, 9.17) is 0 Å². The van der Waals surface area contributed by atoms with Crippen molar-refractivity contribution in [3.8, 4) is 0 Å². The molecule has 0 aromatic heterocycles. The first-order chi connectivity index (χ1) is 6.59. The van der Waals surface area contributed by atoms with Crippen molar-refractivity contribution < 1.29 is 9.72 Å². The highest BCUT2D eigenvalue weighted by Gasteiger charge is 2.01. The maximum absolute atomic E-state index is 10.6. The monoisotopic (exact) mass is 191 g/mol. The number of nitro groups is 1. The quantitative estimate of drug-likeness (QED) is 0.418. The highest BCUT2D eigenvalue weighted by molar-refractivity contribution is 5.91. The molecule has 14 heavy (non-hydrogen) atoms. The molecule has 4 nitrogen and oxygen atoms in total. The van der Waals surface area contributed by atoms with Crippen LogP contribution < -0.4 is 0 Å². The SMILES string of the molecule is CC(=O)C=Cc1ccc([N+](=O)[O-])cc1. The van der Waals surface area contributed by atoms with Crippen molar-refractivity contribution in [1.29, 1.82) is 0 Å². The van der Waals surface area contributed by atoms with E-state index in [9.17, 15) is 14.9 Å². The lowest BCUT2D eigenvalue weighted by Gasteiger charge is -1.92. The summed E-state index contributed by atoms with van der Waals surface area (Å²) in [5, 5.41) is 10.3. The van der Waals surface area contributed by atoms with Crippen molar-refractivity contribution in [2.45, 2.75) is 6.92 Å². The molecule has 1 aromatic rings. The number of nitrogens with zero attached hydrogens (tertiary/aromatic N) is 1. The normalized spacial score (nSPS) is 10.4. The molecule has 0 aliphatic heterocycles. The van der Waals surface area contributed by atoms with E-state index < -0.39 is 4.92 Å². The van der Waals surface area contributed by atoms with E-state index in [1.54, 1.807) is 18.2 Å². The van der Waals surface area contributed by atoms with E-state index in [0.717, 1.165) is 5.56 Å². The Hall–Kier alpha value is -1.97. The zero-order valence-electron chi connectivity index (χ0n) is 7.64. The number of ketones is 1. The van der Waals surface area contributed by atoms with Crippen LogP contribution in [0.2, 0.25) is 0 Å². The van der Waals surface area contributed by atoms with Crippen molar-refractivity contribution >= 4 is 17.5 Å². The average Bonchev–Trinajstić information content (AvgIpc) is 2.15. The van der Waals surface area contributed by atoms with Gasteiger partial charge in [0.05, 0.1) is 4.92 Å². The van der Waals surface area contributed by atoms with Crippen LogP contribution in [-0.2, 0) is 4.79 Å². The predicted molar refractivity (Wildman–Crippen MR) is 52.8 cm³/mol. The van der Waals surface area contributed by atoms with Crippen LogP contribution in [0.5, 0.6) is 0 Å². The van der Waals surface area contributed by atoms with Gasteiger partial charge in [0.15, 0.2) is 5.78 Å². The number of benzene rings is 1. The number of hydrogen-bond donors (Lipinski definition) is 0. The van der Waals surface area contributed by atoms with Gasteiger partial charge in [0.25, 0.3) is 5.69 Å². The lowest BCUT2D eigenvalue weighted by Crippen LogP contribution is -1.87. The fourth-order valence-corrected chi connectivity index (χ4v) is 0.921. The van der Waals surface area contributed by atoms with Gasteiger partial charge in [-0.2, -0.15) is 0 Å². The number of hydrogen-bond acceptors (Lipinski definition) is 3. The van der Waals surface area contributed by atoms with Crippen LogP contribution in [0.1, 0.15) is 12.5 Å². The van der Waals surface area contributed by atoms with Gasteiger partial charge in [-0.15, -0.1) is 0 Å². The molecule has 0 spiro atoms. The van der Waals surface area contributed by atoms with Crippen molar-refractivity contribution in [1.82, 2.24) is 0 Å². The third-order valence-corrected chi connectivity index (χ3v) is 1.61. The molecular formula is C10H9NO3. The molecule has 0 fully saturated rings. The third kappa shape index (κ3) is 2.82. The standard InChI is InChI=1S/C10H9NO3/c1-8(12)2-3-9-4-6-10(7-5-9)11(13)14/h2-7H,1H3. The first-order valence-corrected chi connectivity index (χ1v) is 4.02. The van der Waals surface area contributed by atoms with Gasteiger partial charge in [0.1, 0.15) is 0 Å². The highest BCUT2D eigenvalue weighted by Crippen LogP contribution is 2.12. The fraction of sp³-hybridized carbons (Fsp3) is 0.100. The molecule has 0 heterocycles. The summed E-state index contributed by atoms with van der Waals surface area (Å²) in [5.41, 5.74) is 0.816. The van der Waals surface area contributed by atoms with E-state index in [0.29, 0.717) is 0 Å². The summed E-state index contributed by atoms with van der Waals surface area (Å²) in [6, 6.07) is 5.99. The molecule has 1 aromatic carbocycles. The Bertz CT molecular complexity index is 379. The molecule has 1 rings (SSSR count). The Labute approximate surface area is 81.0 Å². The van der Waals surface area contributed by atoms with Gasteiger partial charge in [-0.05, 0) is 30.7 Å². The molecule has 0 unspecified atom stereocenters. The molecule has 0 aliphatic carbocycles. The number of non-ortho nitro benzene ring substituents is 1. The summed E-state index contributed by atoms with van der Waals surface area (Å²) in [6.45, 7) is 1.45. The van der Waals surface area contributed by atoms with Crippen molar-refractivity contribution in [3.63, 3.8) is 0 Å². The van der Waals surface area contributed by atoms with Gasteiger partial charge in [-0.25, -0.2) is 0 Å². The summed E-state index contributed by atoms with van der Waals surface area (Å²) in [6.07, 6.45) is 3.03. The fourth-order valence-electron chi connectivity index (χ4n) is 0.921. The number of nitro benzene ring substituents is 1. The van der Waals surface area contributed by atoms with Crippen LogP contribution in [0, 0.1) is 10.1 Å². The second-order valence-electron chi connectivity index (χ2n) is 2.79. The molecule has 0 radical (unpaired) electrons. The van der Waals surface area contributed by atoms with Crippen molar-refractivity contribution in [3.05, 3.63) is 46.0 Å². The summed E-state index contributed by atoms with van der Waals surface area (Å²) in [5.74, 6) is -0.0525. The average molecular weight is 191 g/mol. The lowest BCUT2D eigenvalue weighted by atomic mass is 10.2. The van der Waals surface area contributed by atoms with Gasteiger partial charge in [0, 0.05) is 12.1 Å². The molecule has 0 N–H and O–H groups in total. The van der Waals surface area contributed by atoms with Gasteiger partial charge < -0.3 is 0 Å². The first kappa shape index (κ1) is 10.1. The zero-order chi connectivity index (χ0) is 10.6. The van der Waals surface area contributed by atoms with E-state index in [1.807, 2.05) is 0 Å². The smallest absolute Gasteiger partial charge is 0.269 e. The van der Waals surface area contributed by atoms with Crippen molar-refractivity contribution in [2.24, 2.45) is 0 Å². The lowest BCUT2D eigenvalue weighted by molar-refractivity contribution is -0.384. The van der Waals surface area contributed by atoms with E-state index in [2.05, 4.69) is 0 Å². The molecule has 0 saturated carbocycles. The van der Waals surface area contributed by atoms with Gasteiger partial charge in [0.2, 0.25) is 0 Å². The Kier molecular flexibility index (Phi) is 3.12. The largest absolute Gasteiger partial charge is 0.295 e. The maximum atomic E-state index is 10.6. The Morgan fingerprint density at radius 2 is 1.93 bits per heavy atom. The van der Waals surface area contributed by atoms with Crippen LogP contribution in [0.25, 0.3) is 6.08 Å². The summed E-state index contributed by atoms with van der Waals surface area (Å²) in [7, 11) is 0. The molecule has 0 atom stereocenters. The maximum Gasteiger partial charge on any atom is 0.269 e. The molecular weight excluding hydrogens is 182 g/mol. The molecule has 4 heteroatoms. The Morgan fingerprint density at radius 3 is 2.36 bits per heavy atom. The Morgan fingerprint density at radius 1 is 1.36 bits per heavy atom. The molecule has 0 saturated heterocycles. The van der Waals surface area contributed by atoms with Gasteiger partial charge >= 0.3 is 0 Å². The predicted octanol–water partition coefficient (Wildman–Crippen LogP) is 2.20. The summed E-state index contributed by atoms with van der Waals surface area (Å²) >= 11 is 0. The van der Waals surface area contributed by atoms with Gasteiger partial charge in [-0.3, -0.25) is 14.9 Å². The van der Waals surface area contributed by atoms with Crippen LogP contribution in [-0.4, -0.2) is 10.7 Å². The highest BCUT2D eigenvalue weighted by atomic mass is 16.6. The second kappa shape index (κ2) is 4.32. The number of allylic oxidation sites excluding steroid dienone is 1.